The van der Waals surface area contributed by atoms with Gasteiger partial charge in [-0.2, -0.15) is 0 Å². The Hall–Kier alpha value is -1.65. The molecule has 0 aliphatic heterocycles. The molecule has 5 heteroatoms. The lowest BCUT2D eigenvalue weighted by atomic mass is 9.92. The van der Waals surface area contributed by atoms with Gasteiger partial charge in [-0.3, -0.25) is 0 Å². The minimum atomic E-state index is -0.972. The highest BCUT2D eigenvalue weighted by Crippen LogP contribution is 2.23. The van der Waals surface area contributed by atoms with Crippen LogP contribution >= 0.6 is 0 Å². The van der Waals surface area contributed by atoms with Crippen LogP contribution in [-0.4, -0.2) is 32.1 Å². The Labute approximate surface area is 121 Å². The fourth-order valence-electron chi connectivity index (χ4n) is 1.76. The zero-order valence-corrected chi connectivity index (χ0v) is 12.6. The maximum absolute atomic E-state index is 11.3. The van der Waals surface area contributed by atoms with Crippen molar-refractivity contribution in [3.05, 3.63) is 17.7 Å². The first-order valence-corrected chi connectivity index (χ1v) is 7.23. The van der Waals surface area contributed by atoms with E-state index in [0.29, 0.717) is 24.7 Å². The molecule has 0 spiro atoms. The highest BCUT2D eigenvalue weighted by molar-refractivity contribution is 6.34. The zero-order valence-electron chi connectivity index (χ0n) is 12.6. The van der Waals surface area contributed by atoms with Gasteiger partial charge in [0.2, 0.25) is 0 Å². The summed E-state index contributed by atoms with van der Waals surface area (Å²) < 4.78 is 11.3. The Balaban J connectivity index is 2.91. The molecular weight excluding hydrogens is 255 g/mol. The molecule has 0 bridgehead atoms. The minimum Gasteiger partial charge on any atom is -0.494 e. The summed E-state index contributed by atoms with van der Waals surface area (Å²) in [7, 11) is 1.85. The Morgan fingerprint density at radius 2 is 1.65 bits per heavy atom. The van der Waals surface area contributed by atoms with Gasteiger partial charge in [-0.15, -0.1) is 0 Å². The van der Waals surface area contributed by atoms with Gasteiger partial charge in [0, 0.05) is 6.07 Å². The van der Waals surface area contributed by atoms with Crippen LogP contribution in [-0.2, 0) is 0 Å². The number of unbranched alkanes of at least 4 members (excludes halogenated alkanes) is 2. The third-order valence-corrected chi connectivity index (χ3v) is 3.02. The zero-order chi connectivity index (χ0) is 15.0. The summed E-state index contributed by atoms with van der Waals surface area (Å²) in [4.78, 5) is 11.3. The first-order chi connectivity index (χ1) is 9.60. The van der Waals surface area contributed by atoms with Crippen molar-refractivity contribution in [2.75, 3.05) is 13.2 Å². The molecule has 0 aromatic heterocycles. The molecular formula is C15H23BO4. The maximum Gasteiger partial charge on any atom is 0.339 e. The van der Waals surface area contributed by atoms with Gasteiger partial charge >= 0.3 is 5.97 Å². The monoisotopic (exact) mass is 278 g/mol. The van der Waals surface area contributed by atoms with Crippen LogP contribution in [0.1, 0.15) is 49.9 Å². The van der Waals surface area contributed by atoms with Crippen molar-refractivity contribution in [2.24, 2.45) is 0 Å². The van der Waals surface area contributed by atoms with Crippen LogP contribution in [0.25, 0.3) is 0 Å². The van der Waals surface area contributed by atoms with E-state index in [1.165, 1.54) is 0 Å². The number of hydrogen-bond acceptors (Lipinski definition) is 3. The average molecular weight is 278 g/mol. The number of carbonyl (C=O) groups is 1. The predicted octanol–water partition coefficient (Wildman–Crippen LogP) is 2.00. The first kappa shape index (κ1) is 16.4. The predicted molar refractivity (Wildman–Crippen MR) is 82.4 cm³/mol. The normalized spacial score (nSPS) is 10.3. The fourth-order valence-corrected chi connectivity index (χ4v) is 1.76. The molecule has 1 aromatic rings. The molecule has 0 saturated carbocycles. The molecule has 1 N–H and O–H groups in total. The second kappa shape index (κ2) is 8.51. The molecule has 0 aliphatic rings. The number of aromatic carboxylic acids is 1. The second-order valence-corrected chi connectivity index (χ2v) is 4.82. The van der Waals surface area contributed by atoms with E-state index >= 15 is 0 Å². The summed E-state index contributed by atoms with van der Waals surface area (Å²) >= 11 is 0. The standard InChI is InChI=1S/C15H23BO4/c1-3-5-7-19-13-10-14(20-8-6-4-2)12(16)9-11(13)15(17)18/h9-10H,3-8,16H2,1-2H3,(H,17,18). The molecule has 110 valence electrons. The highest BCUT2D eigenvalue weighted by Gasteiger charge is 2.15. The smallest absolute Gasteiger partial charge is 0.339 e. The van der Waals surface area contributed by atoms with Crippen molar-refractivity contribution in [1.82, 2.24) is 0 Å². The molecule has 0 unspecified atom stereocenters. The van der Waals surface area contributed by atoms with Gasteiger partial charge in [0.05, 0.1) is 13.2 Å². The third kappa shape index (κ3) is 4.80. The van der Waals surface area contributed by atoms with Gasteiger partial charge in [0.15, 0.2) is 0 Å². The number of ether oxygens (including phenoxy) is 2. The number of carboxylic acid groups (broad SMARTS) is 1. The van der Waals surface area contributed by atoms with Gasteiger partial charge in [0.1, 0.15) is 24.9 Å². The van der Waals surface area contributed by atoms with Crippen LogP contribution in [0.5, 0.6) is 11.5 Å². The van der Waals surface area contributed by atoms with Crippen LogP contribution in [0.3, 0.4) is 0 Å². The quantitative estimate of drug-likeness (QED) is 0.554. The Morgan fingerprint density at radius 1 is 1.10 bits per heavy atom. The van der Waals surface area contributed by atoms with E-state index in [-0.39, 0.29) is 5.56 Å². The molecule has 0 aliphatic carbocycles. The summed E-state index contributed by atoms with van der Waals surface area (Å²) in [6, 6.07) is 3.31. The van der Waals surface area contributed by atoms with Gasteiger partial charge < -0.3 is 14.6 Å². The summed E-state index contributed by atoms with van der Waals surface area (Å²) in [5.74, 6) is 0.123. The van der Waals surface area contributed by atoms with Crippen LogP contribution in [0, 0.1) is 0 Å². The molecule has 20 heavy (non-hydrogen) atoms. The second-order valence-electron chi connectivity index (χ2n) is 4.82. The van der Waals surface area contributed by atoms with E-state index in [9.17, 15) is 9.90 Å². The summed E-state index contributed by atoms with van der Waals surface area (Å²) in [6.45, 7) is 5.32. The van der Waals surface area contributed by atoms with Gasteiger partial charge in [0.25, 0.3) is 0 Å². The Kier molecular flexibility index (Phi) is 6.98. The largest absolute Gasteiger partial charge is 0.494 e. The molecule has 0 heterocycles. The van der Waals surface area contributed by atoms with E-state index < -0.39 is 5.97 Å². The minimum absolute atomic E-state index is 0.196. The molecule has 0 radical (unpaired) electrons. The lowest BCUT2D eigenvalue weighted by Crippen LogP contribution is -2.15. The van der Waals surface area contributed by atoms with Crippen molar-refractivity contribution in [1.29, 1.82) is 0 Å². The van der Waals surface area contributed by atoms with Crippen LogP contribution < -0.4 is 14.9 Å². The SMILES string of the molecule is Bc1cc(C(=O)O)c(OCCCC)cc1OCCCC. The highest BCUT2D eigenvalue weighted by atomic mass is 16.5. The molecule has 4 nitrogen and oxygen atoms in total. The van der Waals surface area contributed by atoms with E-state index in [0.717, 1.165) is 31.1 Å². The number of hydrogen-bond donors (Lipinski definition) is 1. The van der Waals surface area contributed by atoms with E-state index in [2.05, 4.69) is 13.8 Å². The van der Waals surface area contributed by atoms with Gasteiger partial charge in [-0.25, -0.2) is 4.79 Å². The average Bonchev–Trinajstić information content (AvgIpc) is 2.41. The first-order valence-electron chi connectivity index (χ1n) is 7.23. The van der Waals surface area contributed by atoms with Gasteiger partial charge in [-0.05, 0) is 24.4 Å². The van der Waals surface area contributed by atoms with E-state index in [4.69, 9.17) is 9.47 Å². The Morgan fingerprint density at radius 3 is 2.15 bits per heavy atom. The number of benzene rings is 1. The molecule has 1 rings (SSSR count). The topological polar surface area (TPSA) is 55.8 Å². The summed E-state index contributed by atoms with van der Waals surface area (Å²) in [6.07, 6.45) is 3.95. The third-order valence-electron chi connectivity index (χ3n) is 3.02. The molecule has 0 fully saturated rings. The van der Waals surface area contributed by atoms with Crippen molar-refractivity contribution in [2.45, 2.75) is 39.5 Å². The van der Waals surface area contributed by atoms with E-state index in [1.807, 2.05) is 7.85 Å². The van der Waals surface area contributed by atoms with E-state index in [1.54, 1.807) is 12.1 Å². The summed E-state index contributed by atoms with van der Waals surface area (Å²) in [5.41, 5.74) is 1.02. The fraction of sp³-hybridized carbons (Fsp3) is 0.533. The summed E-state index contributed by atoms with van der Waals surface area (Å²) in [5, 5.41) is 9.23. The molecule has 1 aromatic carbocycles. The molecule has 0 amide bonds. The lowest BCUT2D eigenvalue weighted by Gasteiger charge is -2.14. The van der Waals surface area contributed by atoms with Crippen LogP contribution in [0.15, 0.2) is 12.1 Å². The number of rotatable bonds is 9. The number of carboxylic acids is 1. The Bertz CT molecular complexity index is 446. The van der Waals surface area contributed by atoms with Crippen molar-refractivity contribution in [3.8, 4) is 11.5 Å². The van der Waals surface area contributed by atoms with Crippen LogP contribution in [0.4, 0.5) is 0 Å². The lowest BCUT2D eigenvalue weighted by molar-refractivity contribution is 0.0692. The van der Waals surface area contributed by atoms with Crippen molar-refractivity contribution in [3.63, 3.8) is 0 Å². The van der Waals surface area contributed by atoms with Crippen molar-refractivity contribution >= 4 is 19.3 Å². The molecule has 0 saturated heterocycles. The van der Waals surface area contributed by atoms with Crippen molar-refractivity contribution < 1.29 is 19.4 Å². The maximum atomic E-state index is 11.3. The van der Waals surface area contributed by atoms with Crippen LogP contribution in [0.2, 0.25) is 0 Å². The van der Waals surface area contributed by atoms with Gasteiger partial charge in [-0.1, -0.05) is 26.7 Å². The molecule has 0 atom stereocenters.